The molecular formula is C15H21ClN2O2. The molecule has 0 saturated heterocycles. The van der Waals surface area contributed by atoms with Crippen LogP contribution in [-0.2, 0) is 0 Å². The van der Waals surface area contributed by atoms with Gasteiger partial charge in [0, 0.05) is 12.6 Å². The Hall–Kier alpha value is -1.26. The summed E-state index contributed by atoms with van der Waals surface area (Å²) in [7, 11) is 0. The van der Waals surface area contributed by atoms with Crippen molar-refractivity contribution in [2.75, 3.05) is 18.9 Å². The lowest BCUT2D eigenvalue weighted by Gasteiger charge is -2.34. The van der Waals surface area contributed by atoms with Crippen molar-refractivity contribution < 1.29 is 9.90 Å². The molecule has 1 aliphatic rings. The van der Waals surface area contributed by atoms with Crippen molar-refractivity contribution in [3.8, 4) is 0 Å². The predicted octanol–water partition coefficient (Wildman–Crippen LogP) is 2.69. The van der Waals surface area contributed by atoms with Gasteiger partial charge in [0.15, 0.2) is 0 Å². The fraction of sp³-hybridized carbons (Fsp3) is 0.533. The first kappa shape index (κ1) is 15.1. The minimum Gasteiger partial charge on any atom is -0.398 e. The summed E-state index contributed by atoms with van der Waals surface area (Å²) < 4.78 is 0. The van der Waals surface area contributed by atoms with E-state index in [0.717, 1.165) is 25.7 Å². The van der Waals surface area contributed by atoms with E-state index in [9.17, 15) is 9.90 Å². The van der Waals surface area contributed by atoms with E-state index in [4.69, 9.17) is 17.3 Å². The molecule has 1 aromatic carbocycles. The smallest absolute Gasteiger partial charge is 0.255 e. The van der Waals surface area contributed by atoms with Gasteiger partial charge in [-0.25, -0.2) is 0 Å². The average Bonchev–Trinajstić information content (AvgIpc) is 2.48. The van der Waals surface area contributed by atoms with Gasteiger partial charge in [0.2, 0.25) is 0 Å². The minimum absolute atomic E-state index is 0.0395. The van der Waals surface area contributed by atoms with Crippen LogP contribution in [0.4, 0.5) is 5.69 Å². The molecule has 5 heteroatoms. The van der Waals surface area contributed by atoms with Gasteiger partial charge >= 0.3 is 0 Å². The summed E-state index contributed by atoms with van der Waals surface area (Å²) in [6.07, 6.45) is 5.46. The largest absolute Gasteiger partial charge is 0.398 e. The SMILES string of the molecule is Nc1cccc(C(=O)N(CCO)C2CCCCC2)c1Cl. The highest BCUT2D eigenvalue weighted by Crippen LogP contribution is 2.28. The number of nitrogen functional groups attached to an aromatic ring is 1. The topological polar surface area (TPSA) is 66.6 Å². The monoisotopic (exact) mass is 296 g/mol. The summed E-state index contributed by atoms with van der Waals surface area (Å²) in [5.41, 5.74) is 6.59. The fourth-order valence-corrected chi connectivity index (χ4v) is 3.03. The minimum atomic E-state index is -0.136. The molecule has 110 valence electrons. The molecule has 2 rings (SSSR count). The third-order valence-electron chi connectivity index (χ3n) is 3.88. The van der Waals surface area contributed by atoms with Gasteiger partial charge in [-0.3, -0.25) is 4.79 Å². The summed E-state index contributed by atoms with van der Waals surface area (Å²) >= 11 is 6.14. The number of nitrogens with two attached hydrogens (primary N) is 1. The molecule has 4 nitrogen and oxygen atoms in total. The van der Waals surface area contributed by atoms with Crippen molar-refractivity contribution in [2.24, 2.45) is 0 Å². The van der Waals surface area contributed by atoms with Crippen LogP contribution in [0.5, 0.6) is 0 Å². The number of halogens is 1. The Balaban J connectivity index is 2.23. The zero-order valence-electron chi connectivity index (χ0n) is 11.5. The number of anilines is 1. The number of carbonyl (C=O) groups excluding carboxylic acids is 1. The van der Waals surface area contributed by atoms with Crippen LogP contribution in [0.25, 0.3) is 0 Å². The van der Waals surface area contributed by atoms with Crippen molar-refractivity contribution in [3.05, 3.63) is 28.8 Å². The van der Waals surface area contributed by atoms with Gasteiger partial charge in [0.25, 0.3) is 5.91 Å². The molecule has 3 N–H and O–H groups in total. The van der Waals surface area contributed by atoms with E-state index in [0.29, 0.717) is 22.8 Å². The van der Waals surface area contributed by atoms with Gasteiger partial charge in [-0.2, -0.15) is 0 Å². The molecule has 0 aliphatic heterocycles. The van der Waals surface area contributed by atoms with Gasteiger partial charge in [-0.05, 0) is 25.0 Å². The molecule has 0 spiro atoms. The number of benzene rings is 1. The Kier molecular flexibility index (Phi) is 5.26. The highest BCUT2D eigenvalue weighted by atomic mass is 35.5. The second-order valence-corrected chi connectivity index (χ2v) is 5.60. The van der Waals surface area contributed by atoms with Crippen LogP contribution in [0.15, 0.2) is 18.2 Å². The lowest BCUT2D eigenvalue weighted by molar-refractivity contribution is 0.0585. The summed E-state index contributed by atoms with van der Waals surface area (Å²) in [6, 6.07) is 5.29. The Morgan fingerprint density at radius 2 is 2.05 bits per heavy atom. The summed E-state index contributed by atoms with van der Waals surface area (Å²) in [5.74, 6) is -0.136. The maximum Gasteiger partial charge on any atom is 0.255 e. The Labute approximate surface area is 124 Å². The zero-order valence-corrected chi connectivity index (χ0v) is 12.3. The van der Waals surface area contributed by atoms with Crippen LogP contribution in [0.3, 0.4) is 0 Å². The Morgan fingerprint density at radius 3 is 2.70 bits per heavy atom. The van der Waals surface area contributed by atoms with E-state index in [-0.39, 0.29) is 18.6 Å². The van der Waals surface area contributed by atoms with E-state index >= 15 is 0 Å². The summed E-state index contributed by atoms with van der Waals surface area (Å²) in [5, 5.41) is 9.54. The molecule has 0 atom stereocenters. The lowest BCUT2D eigenvalue weighted by Crippen LogP contribution is -2.43. The molecule has 0 aromatic heterocycles. The number of nitrogens with zero attached hydrogens (tertiary/aromatic N) is 1. The number of hydrogen-bond donors (Lipinski definition) is 2. The first-order valence-corrected chi connectivity index (χ1v) is 7.48. The van der Waals surface area contributed by atoms with Crippen LogP contribution in [0.2, 0.25) is 5.02 Å². The van der Waals surface area contributed by atoms with Crippen LogP contribution in [0, 0.1) is 0 Å². The van der Waals surface area contributed by atoms with Crippen molar-refractivity contribution >= 4 is 23.2 Å². The molecule has 0 heterocycles. The van der Waals surface area contributed by atoms with Crippen LogP contribution in [-0.4, -0.2) is 35.1 Å². The molecule has 1 fully saturated rings. The number of rotatable bonds is 4. The van der Waals surface area contributed by atoms with Gasteiger partial charge in [0.05, 0.1) is 22.9 Å². The van der Waals surface area contributed by atoms with E-state index in [2.05, 4.69) is 0 Å². The van der Waals surface area contributed by atoms with E-state index < -0.39 is 0 Å². The molecule has 0 bridgehead atoms. The third-order valence-corrected chi connectivity index (χ3v) is 4.30. The first-order valence-electron chi connectivity index (χ1n) is 7.11. The van der Waals surface area contributed by atoms with Gasteiger partial charge in [-0.1, -0.05) is 36.9 Å². The van der Waals surface area contributed by atoms with E-state index in [1.54, 1.807) is 23.1 Å². The number of hydrogen-bond acceptors (Lipinski definition) is 3. The van der Waals surface area contributed by atoms with Crippen molar-refractivity contribution in [3.63, 3.8) is 0 Å². The summed E-state index contributed by atoms with van der Waals surface area (Å²) in [6.45, 7) is 0.302. The van der Waals surface area contributed by atoms with E-state index in [1.807, 2.05) is 0 Å². The predicted molar refractivity (Wildman–Crippen MR) is 80.9 cm³/mol. The van der Waals surface area contributed by atoms with E-state index in [1.165, 1.54) is 6.42 Å². The number of aliphatic hydroxyl groups is 1. The fourth-order valence-electron chi connectivity index (χ4n) is 2.82. The third kappa shape index (κ3) is 3.25. The van der Waals surface area contributed by atoms with Gasteiger partial charge < -0.3 is 15.7 Å². The Morgan fingerprint density at radius 1 is 1.35 bits per heavy atom. The molecule has 1 aromatic rings. The lowest BCUT2D eigenvalue weighted by atomic mass is 9.93. The number of aliphatic hydroxyl groups excluding tert-OH is 1. The highest BCUT2D eigenvalue weighted by molar-refractivity contribution is 6.36. The van der Waals surface area contributed by atoms with Crippen molar-refractivity contribution in [2.45, 2.75) is 38.1 Å². The molecule has 1 amide bonds. The molecule has 1 saturated carbocycles. The quantitative estimate of drug-likeness (QED) is 0.840. The van der Waals surface area contributed by atoms with Crippen LogP contribution >= 0.6 is 11.6 Å². The summed E-state index contributed by atoms with van der Waals surface area (Å²) in [4.78, 5) is 14.4. The molecule has 0 unspecified atom stereocenters. The molecule has 1 aliphatic carbocycles. The average molecular weight is 297 g/mol. The second kappa shape index (κ2) is 6.95. The number of carbonyl (C=O) groups is 1. The standard InChI is InChI=1S/C15H21ClN2O2/c16-14-12(7-4-8-13(14)17)15(20)18(9-10-19)11-5-2-1-3-6-11/h4,7-8,11,19H,1-3,5-6,9-10,17H2. The van der Waals surface area contributed by atoms with Crippen LogP contribution in [0.1, 0.15) is 42.5 Å². The second-order valence-electron chi connectivity index (χ2n) is 5.22. The molecule has 20 heavy (non-hydrogen) atoms. The van der Waals surface area contributed by atoms with Gasteiger partial charge in [-0.15, -0.1) is 0 Å². The van der Waals surface area contributed by atoms with Crippen molar-refractivity contribution in [1.82, 2.24) is 4.90 Å². The maximum atomic E-state index is 12.7. The first-order chi connectivity index (χ1) is 9.65. The van der Waals surface area contributed by atoms with Crippen molar-refractivity contribution in [1.29, 1.82) is 0 Å². The molecular weight excluding hydrogens is 276 g/mol. The number of amides is 1. The maximum absolute atomic E-state index is 12.7. The normalized spacial score (nSPS) is 16.1. The van der Waals surface area contributed by atoms with Crippen LogP contribution < -0.4 is 5.73 Å². The Bertz CT molecular complexity index is 473. The zero-order chi connectivity index (χ0) is 14.5. The van der Waals surface area contributed by atoms with Gasteiger partial charge in [0.1, 0.15) is 0 Å². The molecule has 0 radical (unpaired) electrons. The highest BCUT2D eigenvalue weighted by Gasteiger charge is 2.27.